The number of pyridine rings is 1. The molecule has 1 aromatic carbocycles. The smallest absolute Gasteiger partial charge is 0.106 e. The van der Waals surface area contributed by atoms with Gasteiger partial charge in [0.2, 0.25) is 0 Å². The zero-order valence-electron chi connectivity index (χ0n) is 9.77. The molecule has 0 fully saturated rings. The van der Waals surface area contributed by atoms with Gasteiger partial charge in [-0.3, -0.25) is 4.98 Å². The fraction of sp³-hybridized carbons (Fsp3) is 0.0769. The highest BCUT2D eigenvalue weighted by atomic mass is 35.5. The molecule has 0 atom stereocenters. The Morgan fingerprint density at radius 1 is 1.33 bits per heavy atom. The van der Waals surface area contributed by atoms with Crippen molar-refractivity contribution in [2.24, 2.45) is 5.73 Å². The summed E-state index contributed by atoms with van der Waals surface area (Å²) < 4.78 is 0. The average molecular weight is 278 g/mol. The Morgan fingerprint density at radius 3 is 2.83 bits per heavy atom. The summed E-state index contributed by atoms with van der Waals surface area (Å²) in [5.74, 6) is 0. The van der Waals surface area contributed by atoms with Gasteiger partial charge in [-0.25, -0.2) is 0 Å². The number of hydrogen-bond donors (Lipinski definition) is 2. The summed E-state index contributed by atoms with van der Waals surface area (Å²) in [6.07, 6.45) is 3.32. The molecule has 0 aliphatic carbocycles. The summed E-state index contributed by atoms with van der Waals surface area (Å²) in [6.45, 7) is 2.00. The van der Waals surface area contributed by atoms with Crippen molar-refractivity contribution in [2.45, 2.75) is 6.92 Å². The van der Waals surface area contributed by atoms with E-state index >= 15 is 0 Å². The maximum absolute atomic E-state index is 6.13. The van der Waals surface area contributed by atoms with Crippen LogP contribution in [0.5, 0.6) is 0 Å². The Bertz CT molecular complexity index is 599. The molecular formula is C13H12ClN3S. The fourth-order valence-electron chi connectivity index (χ4n) is 1.59. The quantitative estimate of drug-likeness (QED) is 0.844. The highest BCUT2D eigenvalue weighted by Crippen LogP contribution is 2.27. The van der Waals surface area contributed by atoms with Crippen LogP contribution in [-0.2, 0) is 0 Å². The van der Waals surface area contributed by atoms with Crippen LogP contribution < -0.4 is 11.1 Å². The van der Waals surface area contributed by atoms with Crippen LogP contribution >= 0.6 is 23.8 Å². The molecule has 2 rings (SSSR count). The summed E-state index contributed by atoms with van der Waals surface area (Å²) >= 11 is 11.1. The first-order valence-corrected chi connectivity index (χ1v) is 6.13. The van der Waals surface area contributed by atoms with Crippen LogP contribution in [0, 0.1) is 6.92 Å². The molecule has 0 aliphatic heterocycles. The highest BCUT2D eigenvalue weighted by Gasteiger charge is 2.07. The Morgan fingerprint density at radius 2 is 2.11 bits per heavy atom. The van der Waals surface area contributed by atoms with E-state index in [4.69, 9.17) is 29.6 Å². The number of thiocarbonyl (C=S) groups is 1. The summed E-state index contributed by atoms with van der Waals surface area (Å²) in [4.78, 5) is 4.38. The van der Waals surface area contributed by atoms with Gasteiger partial charge in [0, 0.05) is 11.8 Å². The third-order valence-electron chi connectivity index (χ3n) is 2.48. The first-order valence-electron chi connectivity index (χ1n) is 5.35. The van der Waals surface area contributed by atoms with Crippen molar-refractivity contribution >= 4 is 40.2 Å². The predicted molar refractivity (Wildman–Crippen MR) is 79.6 cm³/mol. The van der Waals surface area contributed by atoms with Gasteiger partial charge in [-0.15, -0.1) is 0 Å². The SMILES string of the molecule is Cc1ccc(Cl)c(Nc2cnccc2C(N)=S)c1. The number of aryl methyl sites for hydroxylation is 1. The molecule has 0 unspecified atom stereocenters. The van der Waals surface area contributed by atoms with Gasteiger partial charge in [-0.1, -0.05) is 29.9 Å². The van der Waals surface area contributed by atoms with Crippen LogP contribution in [0.4, 0.5) is 11.4 Å². The van der Waals surface area contributed by atoms with Crippen LogP contribution in [-0.4, -0.2) is 9.97 Å². The number of aromatic nitrogens is 1. The van der Waals surface area contributed by atoms with Crippen molar-refractivity contribution in [3.63, 3.8) is 0 Å². The number of nitrogens with zero attached hydrogens (tertiary/aromatic N) is 1. The molecule has 0 radical (unpaired) electrons. The van der Waals surface area contributed by atoms with Gasteiger partial charge in [-0.05, 0) is 30.7 Å². The Kier molecular flexibility index (Phi) is 3.79. The van der Waals surface area contributed by atoms with Crippen molar-refractivity contribution < 1.29 is 0 Å². The average Bonchev–Trinajstić information content (AvgIpc) is 2.34. The lowest BCUT2D eigenvalue weighted by Crippen LogP contribution is -2.12. The monoisotopic (exact) mass is 277 g/mol. The minimum absolute atomic E-state index is 0.323. The molecule has 0 saturated carbocycles. The molecule has 3 N–H and O–H groups in total. The topological polar surface area (TPSA) is 50.9 Å². The first-order chi connectivity index (χ1) is 8.58. The second kappa shape index (κ2) is 5.33. The van der Waals surface area contributed by atoms with Crippen molar-refractivity contribution in [3.8, 4) is 0 Å². The Labute approximate surface area is 116 Å². The van der Waals surface area contributed by atoms with Gasteiger partial charge in [0.15, 0.2) is 0 Å². The van der Waals surface area contributed by atoms with E-state index in [1.807, 2.05) is 25.1 Å². The van der Waals surface area contributed by atoms with Crippen molar-refractivity contribution in [3.05, 3.63) is 52.8 Å². The maximum Gasteiger partial charge on any atom is 0.106 e. The van der Waals surface area contributed by atoms with Crippen molar-refractivity contribution in [1.29, 1.82) is 0 Å². The van der Waals surface area contributed by atoms with E-state index in [0.717, 1.165) is 22.5 Å². The van der Waals surface area contributed by atoms with Gasteiger partial charge in [-0.2, -0.15) is 0 Å². The normalized spacial score (nSPS) is 10.1. The standard InChI is InChI=1S/C13H12ClN3S/c1-8-2-3-10(14)11(6-8)17-12-7-16-5-4-9(12)13(15)18/h2-7,17H,1H3,(H2,15,18). The molecule has 1 aromatic heterocycles. The van der Waals surface area contributed by atoms with Crippen LogP contribution in [0.3, 0.4) is 0 Å². The molecule has 0 saturated heterocycles. The van der Waals surface area contributed by atoms with E-state index in [1.54, 1.807) is 18.5 Å². The van der Waals surface area contributed by atoms with Gasteiger partial charge in [0.1, 0.15) is 4.99 Å². The minimum Gasteiger partial charge on any atom is -0.389 e. The Balaban J connectivity index is 2.40. The van der Waals surface area contributed by atoms with Crippen LogP contribution in [0.25, 0.3) is 0 Å². The molecule has 92 valence electrons. The molecule has 18 heavy (non-hydrogen) atoms. The number of hydrogen-bond acceptors (Lipinski definition) is 3. The van der Waals surface area contributed by atoms with Crippen molar-refractivity contribution in [1.82, 2.24) is 4.98 Å². The second-order valence-corrected chi connectivity index (χ2v) is 4.74. The lowest BCUT2D eigenvalue weighted by Gasteiger charge is -2.12. The van der Waals surface area contributed by atoms with Gasteiger partial charge in [0.25, 0.3) is 0 Å². The largest absolute Gasteiger partial charge is 0.389 e. The first kappa shape index (κ1) is 12.8. The number of halogens is 1. The molecular weight excluding hydrogens is 266 g/mol. The van der Waals surface area contributed by atoms with Gasteiger partial charge < -0.3 is 11.1 Å². The third-order valence-corrected chi connectivity index (χ3v) is 3.03. The Hall–Kier alpha value is -1.65. The summed E-state index contributed by atoms with van der Waals surface area (Å²) in [5, 5.41) is 3.84. The van der Waals surface area contributed by atoms with E-state index < -0.39 is 0 Å². The fourth-order valence-corrected chi connectivity index (χ4v) is 1.93. The second-order valence-electron chi connectivity index (χ2n) is 3.89. The predicted octanol–water partition coefficient (Wildman–Crippen LogP) is 3.42. The summed E-state index contributed by atoms with van der Waals surface area (Å²) in [7, 11) is 0. The van der Waals surface area contributed by atoms with Crippen molar-refractivity contribution in [2.75, 3.05) is 5.32 Å². The zero-order valence-corrected chi connectivity index (χ0v) is 11.3. The molecule has 0 spiro atoms. The number of anilines is 2. The zero-order chi connectivity index (χ0) is 13.1. The molecule has 0 bridgehead atoms. The summed E-state index contributed by atoms with van der Waals surface area (Å²) in [6, 6.07) is 7.52. The molecule has 5 heteroatoms. The molecule has 3 nitrogen and oxygen atoms in total. The molecule has 0 amide bonds. The van der Waals surface area contributed by atoms with Crippen LogP contribution in [0.2, 0.25) is 5.02 Å². The molecule has 0 aliphatic rings. The van der Waals surface area contributed by atoms with E-state index in [2.05, 4.69) is 10.3 Å². The van der Waals surface area contributed by atoms with Crippen LogP contribution in [0.15, 0.2) is 36.7 Å². The van der Waals surface area contributed by atoms with Crippen LogP contribution in [0.1, 0.15) is 11.1 Å². The minimum atomic E-state index is 0.323. The van der Waals surface area contributed by atoms with E-state index in [-0.39, 0.29) is 0 Å². The van der Waals surface area contributed by atoms with E-state index in [1.165, 1.54) is 0 Å². The van der Waals surface area contributed by atoms with E-state index in [9.17, 15) is 0 Å². The number of nitrogens with one attached hydrogen (secondary N) is 1. The lowest BCUT2D eigenvalue weighted by atomic mass is 10.2. The van der Waals surface area contributed by atoms with Gasteiger partial charge >= 0.3 is 0 Å². The van der Waals surface area contributed by atoms with E-state index in [0.29, 0.717) is 10.0 Å². The van der Waals surface area contributed by atoms with Gasteiger partial charge in [0.05, 0.1) is 22.6 Å². The number of benzene rings is 1. The maximum atomic E-state index is 6.13. The number of rotatable bonds is 3. The molecule has 1 heterocycles. The number of nitrogens with two attached hydrogens (primary N) is 1. The lowest BCUT2D eigenvalue weighted by molar-refractivity contribution is 1.31. The molecule has 2 aromatic rings. The summed E-state index contributed by atoms with van der Waals surface area (Å²) in [5.41, 5.74) is 9.08. The third kappa shape index (κ3) is 2.78. The highest BCUT2D eigenvalue weighted by molar-refractivity contribution is 7.80.